The first-order valence-electron chi connectivity index (χ1n) is 5.50. The van der Waals surface area contributed by atoms with Gasteiger partial charge in [0.1, 0.15) is 0 Å². The van der Waals surface area contributed by atoms with Crippen LogP contribution in [-0.4, -0.2) is 41.0 Å². The molecule has 2 N–H and O–H groups in total. The predicted octanol–water partition coefficient (Wildman–Crippen LogP) is 0.181. The van der Waals surface area contributed by atoms with Crippen LogP contribution in [0.5, 0.6) is 11.5 Å². The third-order valence-electron chi connectivity index (χ3n) is 2.42. The monoisotopic (exact) mass is 249 g/mol. The molecule has 96 valence electrons. The van der Waals surface area contributed by atoms with Gasteiger partial charge in [0.2, 0.25) is 0 Å². The van der Waals surface area contributed by atoms with Gasteiger partial charge < -0.3 is 15.2 Å². The minimum Gasteiger partial charge on any atom is -0.493 e. The van der Waals surface area contributed by atoms with E-state index in [1.54, 1.807) is 26.4 Å². The zero-order valence-corrected chi connectivity index (χ0v) is 10.3. The summed E-state index contributed by atoms with van der Waals surface area (Å²) in [6.07, 6.45) is 0.604. The number of rotatable bonds is 5. The van der Waals surface area contributed by atoms with Gasteiger partial charge in [0.25, 0.3) is 0 Å². The fourth-order valence-electron chi connectivity index (χ4n) is 1.53. The molecule has 7 nitrogen and oxygen atoms in total. The van der Waals surface area contributed by atoms with Crippen molar-refractivity contribution in [2.45, 2.75) is 6.42 Å². The van der Waals surface area contributed by atoms with E-state index in [1.807, 2.05) is 6.07 Å². The molecule has 0 saturated heterocycles. The number of nitrogens with zero attached hydrogens (tertiary/aromatic N) is 4. The summed E-state index contributed by atoms with van der Waals surface area (Å²) < 4.78 is 10.4. The highest BCUT2D eigenvalue weighted by Gasteiger charge is 2.08. The van der Waals surface area contributed by atoms with Crippen molar-refractivity contribution in [3.05, 3.63) is 24.0 Å². The predicted molar refractivity (Wildman–Crippen MR) is 65.0 cm³/mol. The van der Waals surface area contributed by atoms with E-state index >= 15 is 0 Å². The van der Waals surface area contributed by atoms with Crippen molar-refractivity contribution in [2.24, 2.45) is 5.73 Å². The van der Waals surface area contributed by atoms with E-state index in [0.717, 1.165) is 5.69 Å². The van der Waals surface area contributed by atoms with E-state index in [0.29, 0.717) is 30.3 Å². The SMILES string of the molecule is COc1ccc(-n2nnc(CCN)n2)cc1OC. The zero-order chi connectivity index (χ0) is 13.0. The van der Waals surface area contributed by atoms with E-state index in [9.17, 15) is 0 Å². The van der Waals surface area contributed by atoms with Crippen LogP contribution in [0.4, 0.5) is 0 Å². The van der Waals surface area contributed by atoms with Crippen LogP contribution in [0.25, 0.3) is 5.69 Å². The molecule has 0 bridgehead atoms. The number of benzene rings is 1. The Hall–Kier alpha value is -2.15. The van der Waals surface area contributed by atoms with Gasteiger partial charge in [-0.2, -0.15) is 0 Å². The minimum absolute atomic E-state index is 0.498. The molecule has 0 unspecified atom stereocenters. The fraction of sp³-hybridized carbons (Fsp3) is 0.364. The number of hydrogen-bond acceptors (Lipinski definition) is 6. The summed E-state index contributed by atoms with van der Waals surface area (Å²) in [5, 5.41) is 12.1. The van der Waals surface area contributed by atoms with Gasteiger partial charge in [0.05, 0.1) is 19.9 Å². The molecule has 0 atom stereocenters. The Morgan fingerprint density at radius 3 is 2.67 bits per heavy atom. The van der Waals surface area contributed by atoms with Crippen LogP contribution < -0.4 is 15.2 Å². The van der Waals surface area contributed by atoms with E-state index in [1.165, 1.54) is 4.80 Å². The van der Waals surface area contributed by atoms with Gasteiger partial charge in [-0.1, -0.05) is 0 Å². The lowest BCUT2D eigenvalue weighted by molar-refractivity contribution is 0.354. The summed E-state index contributed by atoms with van der Waals surface area (Å²) in [5.41, 5.74) is 6.19. The lowest BCUT2D eigenvalue weighted by Crippen LogP contribution is -2.05. The molecule has 0 saturated carbocycles. The van der Waals surface area contributed by atoms with Crippen LogP contribution in [0.3, 0.4) is 0 Å². The topological polar surface area (TPSA) is 88.1 Å². The summed E-state index contributed by atoms with van der Waals surface area (Å²) in [6.45, 7) is 0.498. The molecule has 1 heterocycles. The van der Waals surface area contributed by atoms with Gasteiger partial charge >= 0.3 is 0 Å². The zero-order valence-electron chi connectivity index (χ0n) is 10.3. The second kappa shape index (κ2) is 5.46. The Kier molecular flexibility index (Phi) is 3.73. The Bertz CT molecular complexity index is 526. The smallest absolute Gasteiger partial charge is 0.176 e. The highest BCUT2D eigenvalue weighted by atomic mass is 16.5. The molecule has 0 aliphatic carbocycles. The molecule has 2 aromatic rings. The quantitative estimate of drug-likeness (QED) is 0.813. The molecule has 1 aromatic heterocycles. The fourth-order valence-corrected chi connectivity index (χ4v) is 1.53. The summed E-state index contributed by atoms with van der Waals surface area (Å²) in [6, 6.07) is 5.40. The Balaban J connectivity index is 2.31. The maximum atomic E-state index is 5.44. The average molecular weight is 249 g/mol. The number of methoxy groups -OCH3 is 2. The molecule has 0 spiro atoms. The Morgan fingerprint density at radius 2 is 2.00 bits per heavy atom. The largest absolute Gasteiger partial charge is 0.493 e. The molecular weight excluding hydrogens is 234 g/mol. The number of hydrogen-bond donors (Lipinski definition) is 1. The number of ether oxygens (including phenoxy) is 2. The number of aromatic nitrogens is 4. The van der Waals surface area contributed by atoms with E-state index in [2.05, 4.69) is 15.4 Å². The van der Waals surface area contributed by atoms with Crippen molar-refractivity contribution in [2.75, 3.05) is 20.8 Å². The van der Waals surface area contributed by atoms with Gasteiger partial charge in [-0.05, 0) is 23.9 Å². The molecule has 0 aliphatic heterocycles. The van der Waals surface area contributed by atoms with Crippen LogP contribution in [-0.2, 0) is 6.42 Å². The first-order valence-corrected chi connectivity index (χ1v) is 5.50. The molecule has 0 amide bonds. The van der Waals surface area contributed by atoms with Gasteiger partial charge in [0.15, 0.2) is 17.3 Å². The molecule has 0 radical (unpaired) electrons. The first-order chi connectivity index (χ1) is 8.78. The van der Waals surface area contributed by atoms with Crippen molar-refractivity contribution in [1.82, 2.24) is 20.2 Å². The van der Waals surface area contributed by atoms with Crippen LogP contribution in [0.1, 0.15) is 5.82 Å². The molecular formula is C11H15N5O2. The van der Waals surface area contributed by atoms with Crippen LogP contribution in [0.2, 0.25) is 0 Å². The van der Waals surface area contributed by atoms with Crippen molar-refractivity contribution < 1.29 is 9.47 Å². The Morgan fingerprint density at radius 1 is 1.22 bits per heavy atom. The van der Waals surface area contributed by atoms with Gasteiger partial charge in [0, 0.05) is 12.5 Å². The van der Waals surface area contributed by atoms with E-state index in [-0.39, 0.29) is 0 Å². The van der Waals surface area contributed by atoms with E-state index in [4.69, 9.17) is 15.2 Å². The summed E-state index contributed by atoms with van der Waals surface area (Å²) in [7, 11) is 3.17. The van der Waals surface area contributed by atoms with Crippen LogP contribution in [0, 0.1) is 0 Å². The molecule has 1 aromatic carbocycles. The second-order valence-electron chi connectivity index (χ2n) is 3.57. The lowest BCUT2D eigenvalue weighted by Gasteiger charge is -2.08. The van der Waals surface area contributed by atoms with Crippen molar-refractivity contribution in [3.8, 4) is 17.2 Å². The van der Waals surface area contributed by atoms with Gasteiger partial charge in [-0.15, -0.1) is 15.0 Å². The second-order valence-corrected chi connectivity index (χ2v) is 3.57. The minimum atomic E-state index is 0.498. The summed E-state index contributed by atoms with van der Waals surface area (Å²) in [5.74, 6) is 1.89. The highest BCUT2D eigenvalue weighted by Crippen LogP contribution is 2.28. The lowest BCUT2D eigenvalue weighted by atomic mass is 10.3. The number of tetrazole rings is 1. The third kappa shape index (κ3) is 2.40. The van der Waals surface area contributed by atoms with Crippen molar-refractivity contribution in [1.29, 1.82) is 0 Å². The summed E-state index contributed by atoms with van der Waals surface area (Å²) in [4.78, 5) is 1.44. The van der Waals surface area contributed by atoms with Crippen molar-refractivity contribution in [3.63, 3.8) is 0 Å². The maximum absolute atomic E-state index is 5.44. The molecule has 7 heteroatoms. The van der Waals surface area contributed by atoms with Crippen LogP contribution >= 0.6 is 0 Å². The molecule has 0 aliphatic rings. The summed E-state index contributed by atoms with van der Waals surface area (Å²) >= 11 is 0. The standard InChI is InChI=1S/C11H15N5O2/c1-17-9-4-3-8(7-10(9)18-2)16-14-11(5-6-12)13-15-16/h3-4,7H,5-6,12H2,1-2H3. The van der Waals surface area contributed by atoms with E-state index < -0.39 is 0 Å². The Labute approximate surface area is 104 Å². The molecule has 2 rings (SSSR count). The number of nitrogens with two attached hydrogens (primary N) is 1. The normalized spacial score (nSPS) is 10.4. The molecule has 18 heavy (non-hydrogen) atoms. The van der Waals surface area contributed by atoms with Gasteiger partial charge in [-0.3, -0.25) is 0 Å². The van der Waals surface area contributed by atoms with Crippen molar-refractivity contribution >= 4 is 0 Å². The van der Waals surface area contributed by atoms with Crippen LogP contribution in [0.15, 0.2) is 18.2 Å². The maximum Gasteiger partial charge on any atom is 0.176 e. The average Bonchev–Trinajstić information content (AvgIpc) is 2.87. The third-order valence-corrected chi connectivity index (χ3v) is 2.42. The molecule has 0 fully saturated rings. The van der Waals surface area contributed by atoms with Gasteiger partial charge in [-0.25, -0.2) is 0 Å². The first kappa shape index (κ1) is 12.3. The highest BCUT2D eigenvalue weighted by molar-refractivity contribution is 5.47.